The van der Waals surface area contributed by atoms with Crippen molar-refractivity contribution < 1.29 is 9.53 Å². The Morgan fingerprint density at radius 2 is 1.70 bits per heavy atom. The van der Waals surface area contributed by atoms with Crippen LogP contribution < -0.4 is 10.1 Å². The van der Waals surface area contributed by atoms with Crippen molar-refractivity contribution in [2.24, 2.45) is 0 Å². The maximum Gasteiger partial charge on any atom is 0.245 e. The first-order valence-corrected chi connectivity index (χ1v) is 12.7. The van der Waals surface area contributed by atoms with E-state index < -0.39 is 0 Å². The Morgan fingerprint density at radius 3 is 2.43 bits per heavy atom. The summed E-state index contributed by atoms with van der Waals surface area (Å²) in [5.41, 5.74) is 7.29. The Labute approximate surface area is 219 Å². The van der Waals surface area contributed by atoms with Crippen LogP contribution in [-0.4, -0.2) is 49.6 Å². The van der Waals surface area contributed by atoms with Gasteiger partial charge in [-0.25, -0.2) is 0 Å². The number of nitrogens with zero attached hydrogens (tertiary/aromatic N) is 1. The maximum atomic E-state index is 11.6. The van der Waals surface area contributed by atoms with Crippen LogP contribution in [0.15, 0.2) is 97.2 Å². The van der Waals surface area contributed by atoms with Gasteiger partial charge in [-0.1, -0.05) is 61.5 Å². The average Bonchev–Trinajstić information content (AvgIpc) is 3.40. The number of nitrogens with one attached hydrogen (secondary N) is 2. The summed E-state index contributed by atoms with van der Waals surface area (Å²) in [6, 6.07) is 27.7. The Hall–Kier alpha value is -4.09. The number of rotatable bonds is 11. The van der Waals surface area contributed by atoms with Crippen molar-refractivity contribution in [3.63, 3.8) is 0 Å². The Kier molecular flexibility index (Phi) is 8.95. The van der Waals surface area contributed by atoms with Crippen molar-refractivity contribution in [2.75, 3.05) is 33.8 Å². The van der Waals surface area contributed by atoms with Gasteiger partial charge in [0.2, 0.25) is 5.91 Å². The van der Waals surface area contributed by atoms with E-state index in [9.17, 15) is 4.79 Å². The van der Waals surface area contributed by atoms with E-state index in [1.54, 1.807) is 25.1 Å². The molecule has 1 amide bonds. The summed E-state index contributed by atoms with van der Waals surface area (Å²) in [6.45, 7) is 4.08. The third-order valence-electron chi connectivity index (χ3n) is 6.27. The normalized spacial score (nSPS) is 12.1. The van der Waals surface area contributed by atoms with Gasteiger partial charge in [0, 0.05) is 45.0 Å². The highest BCUT2D eigenvalue weighted by Gasteiger charge is 2.14. The van der Waals surface area contributed by atoms with Crippen LogP contribution in [0.3, 0.4) is 0 Å². The molecule has 0 aliphatic heterocycles. The van der Waals surface area contributed by atoms with E-state index in [4.69, 9.17) is 4.74 Å². The van der Waals surface area contributed by atoms with Crippen LogP contribution in [0, 0.1) is 0 Å². The molecule has 0 aliphatic carbocycles. The number of allylic oxidation sites excluding steroid dienone is 1. The molecule has 1 heterocycles. The van der Waals surface area contributed by atoms with E-state index in [0.29, 0.717) is 19.7 Å². The number of hydrogen-bond acceptors (Lipinski definition) is 3. The molecule has 4 aromatic rings. The van der Waals surface area contributed by atoms with Gasteiger partial charge >= 0.3 is 0 Å². The Balaban J connectivity index is 1.50. The summed E-state index contributed by atoms with van der Waals surface area (Å²) >= 11 is 0. The summed E-state index contributed by atoms with van der Waals surface area (Å²) in [5, 5.41) is 4.46. The second-order valence-corrected chi connectivity index (χ2v) is 9.06. The van der Waals surface area contributed by atoms with Crippen LogP contribution >= 0.6 is 0 Å². The number of carbonyl (C=O) groups excluding carboxylic acids is 1. The quantitative estimate of drug-likeness (QED) is 0.150. The molecule has 37 heavy (non-hydrogen) atoms. The molecule has 190 valence electrons. The van der Waals surface area contributed by atoms with E-state index in [1.165, 1.54) is 27.7 Å². The van der Waals surface area contributed by atoms with Crippen LogP contribution in [0.2, 0.25) is 0 Å². The molecule has 3 aromatic carbocycles. The summed E-state index contributed by atoms with van der Waals surface area (Å²) < 4.78 is 5.95. The van der Waals surface area contributed by atoms with E-state index in [0.717, 1.165) is 23.3 Å². The number of amides is 1. The monoisotopic (exact) mass is 493 g/mol. The minimum absolute atomic E-state index is 0.0157. The minimum atomic E-state index is -0.0157. The lowest BCUT2D eigenvalue weighted by Gasteiger charge is -2.17. The van der Waals surface area contributed by atoms with Gasteiger partial charge in [0.05, 0.1) is 0 Å². The van der Waals surface area contributed by atoms with E-state index in [2.05, 4.69) is 84.0 Å². The second-order valence-electron chi connectivity index (χ2n) is 9.06. The zero-order valence-electron chi connectivity index (χ0n) is 21.8. The van der Waals surface area contributed by atoms with E-state index in [-0.39, 0.29) is 5.91 Å². The van der Waals surface area contributed by atoms with Crippen LogP contribution in [-0.2, 0) is 4.79 Å². The smallest absolute Gasteiger partial charge is 0.245 e. The summed E-state index contributed by atoms with van der Waals surface area (Å²) in [4.78, 5) is 16.4. The molecule has 4 rings (SSSR count). The lowest BCUT2D eigenvalue weighted by molar-refractivity contribution is -0.123. The number of likely N-dealkylation sites (N-methyl/N-ethyl adjacent to an activating group) is 1. The molecular weight excluding hydrogens is 458 g/mol. The Morgan fingerprint density at radius 1 is 0.946 bits per heavy atom. The van der Waals surface area contributed by atoms with Crippen LogP contribution in [0.4, 0.5) is 0 Å². The highest BCUT2D eigenvalue weighted by molar-refractivity contribution is 6.00. The van der Waals surface area contributed by atoms with Gasteiger partial charge in [-0.05, 0) is 70.0 Å². The van der Waals surface area contributed by atoms with Crippen LogP contribution in [0.5, 0.6) is 5.75 Å². The van der Waals surface area contributed by atoms with Gasteiger partial charge in [0.1, 0.15) is 12.4 Å². The van der Waals surface area contributed by atoms with Crippen molar-refractivity contribution in [1.29, 1.82) is 0 Å². The van der Waals surface area contributed by atoms with Gasteiger partial charge in [-0.2, -0.15) is 0 Å². The third kappa shape index (κ3) is 6.78. The predicted octanol–water partition coefficient (Wildman–Crippen LogP) is 6.15. The fourth-order valence-electron chi connectivity index (χ4n) is 4.34. The topological polar surface area (TPSA) is 57.4 Å². The van der Waals surface area contributed by atoms with Gasteiger partial charge < -0.3 is 19.9 Å². The SMILES string of the molecule is CC/C(=C(/c1ccc(OCCNCC=CC(=O)N(C)C)cc1)c1ccc2[nH]ccc2c1)c1ccccc1. The molecular formula is C32H35N3O2. The fourth-order valence-corrected chi connectivity index (χ4v) is 4.34. The van der Waals surface area contributed by atoms with Crippen LogP contribution in [0.1, 0.15) is 30.0 Å². The first-order chi connectivity index (χ1) is 18.1. The molecule has 0 unspecified atom stereocenters. The van der Waals surface area contributed by atoms with Crippen molar-refractivity contribution >= 4 is 28.0 Å². The number of fused-ring (bicyclic) bond motifs is 1. The number of aromatic amines is 1. The standard InChI is InChI=1S/C32H35N3O2/c1-4-29(24-9-6-5-7-10-24)32(27-14-17-30-26(23-27)18-20-34-30)25-12-15-28(16-13-25)37-22-21-33-19-8-11-31(36)35(2)3/h5-18,20,23,33-34H,4,19,21-22H2,1-3H3/b11-8?,32-29+. The average molecular weight is 494 g/mol. The minimum Gasteiger partial charge on any atom is -0.492 e. The lowest BCUT2D eigenvalue weighted by atomic mass is 9.88. The van der Waals surface area contributed by atoms with Crippen molar-refractivity contribution in [2.45, 2.75) is 13.3 Å². The molecule has 0 saturated carbocycles. The van der Waals surface area contributed by atoms with E-state index >= 15 is 0 Å². The molecule has 5 heteroatoms. The molecule has 0 bridgehead atoms. The number of benzene rings is 3. The molecule has 1 aromatic heterocycles. The molecule has 0 aliphatic rings. The van der Waals surface area contributed by atoms with Crippen molar-refractivity contribution in [3.8, 4) is 5.75 Å². The van der Waals surface area contributed by atoms with Gasteiger partial charge in [0.25, 0.3) is 0 Å². The summed E-state index contributed by atoms with van der Waals surface area (Å²) in [7, 11) is 3.48. The predicted molar refractivity (Wildman–Crippen MR) is 154 cm³/mol. The molecule has 0 radical (unpaired) electrons. The highest BCUT2D eigenvalue weighted by atomic mass is 16.5. The van der Waals surface area contributed by atoms with Crippen molar-refractivity contribution in [3.05, 3.63) is 114 Å². The third-order valence-corrected chi connectivity index (χ3v) is 6.27. The number of H-pyrrole nitrogens is 1. The maximum absolute atomic E-state index is 11.6. The molecule has 2 N–H and O–H groups in total. The lowest BCUT2D eigenvalue weighted by Crippen LogP contribution is -2.22. The summed E-state index contributed by atoms with van der Waals surface area (Å²) in [6.07, 6.45) is 6.30. The highest BCUT2D eigenvalue weighted by Crippen LogP contribution is 2.36. The molecule has 5 nitrogen and oxygen atoms in total. The molecule has 0 atom stereocenters. The number of aromatic nitrogens is 1. The van der Waals surface area contributed by atoms with E-state index in [1.807, 2.05) is 24.4 Å². The second kappa shape index (κ2) is 12.7. The largest absolute Gasteiger partial charge is 0.492 e. The van der Waals surface area contributed by atoms with Crippen LogP contribution in [0.25, 0.3) is 22.0 Å². The molecule has 0 saturated heterocycles. The number of carbonyl (C=O) groups is 1. The first kappa shape index (κ1) is 26.0. The Bertz CT molecular complexity index is 1370. The van der Waals surface area contributed by atoms with Gasteiger partial charge in [-0.15, -0.1) is 0 Å². The zero-order valence-corrected chi connectivity index (χ0v) is 21.8. The molecule has 0 spiro atoms. The van der Waals surface area contributed by atoms with Gasteiger partial charge in [0.15, 0.2) is 0 Å². The molecule has 0 fully saturated rings. The van der Waals surface area contributed by atoms with Crippen molar-refractivity contribution in [1.82, 2.24) is 15.2 Å². The fraction of sp³-hybridized carbons (Fsp3) is 0.219. The number of hydrogen-bond donors (Lipinski definition) is 2. The van der Waals surface area contributed by atoms with Gasteiger partial charge in [-0.3, -0.25) is 4.79 Å². The summed E-state index contributed by atoms with van der Waals surface area (Å²) in [5.74, 6) is 0.820. The number of ether oxygens (including phenoxy) is 1. The first-order valence-electron chi connectivity index (χ1n) is 12.7. The zero-order chi connectivity index (χ0) is 26.0.